The number of fused-ring (bicyclic) bond motifs is 3. The summed E-state index contributed by atoms with van der Waals surface area (Å²) < 4.78 is 1.88. The Morgan fingerprint density at radius 2 is 2.13 bits per heavy atom. The molecular formula is C21H29N6O3+. The van der Waals surface area contributed by atoms with E-state index in [0.29, 0.717) is 25.0 Å². The first-order valence-electron chi connectivity index (χ1n) is 10.6. The molecule has 2 bridgehead atoms. The lowest BCUT2D eigenvalue weighted by Crippen LogP contribution is -3.20. The first kappa shape index (κ1) is 20.3. The lowest BCUT2D eigenvalue weighted by Gasteiger charge is -2.46. The number of aromatic nitrogens is 3. The molecular weight excluding hydrogens is 384 g/mol. The third-order valence-electron chi connectivity index (χ3n) is 6.27. The molecule has 1 aromatic heterocycles. The first-order valence-corrected chi connectivity index (χ1v) is 10.6. The van der Waals surface area contributed by atoms with E-state index in [2.05, 4.69) is 20.9 Å². The van der Waals surface area contributed by atoms with Crippen LogP contribution in [0, 0.1) is 11.8 Å². The summed E-state index contributed by atoms with van der Waals surface area (Å²) >= 11 is 0. The lowest BCUT2D eigenvalue weighted by molar-refractivity contribution is -0.945. The molecule has 5 rings (SSSR count). The predicted molar refractivity (Wildman–Crippen MR) is 110 cm³/mol. The van der Waals surface area contributed by atoms with Crippen LogP contribution in [-0.4, -0.2) is 64.1 Å². The number of amides is 2. The summed E-state index contributed by atoms with van der Waals surface area (Å²) in [5.41, 5.74) is 1.59. The molecule has 4 N–H and O–H groups in total. The average molecular weight is 414 g/mol. The second-order valence-electron chi connectivity index (χ2n) is 8.35. The molecule has 9 nitrogen and oxygen atoms in total. The monoisotopic (exact) mass is 413 g/mol. The number of hydrogen-bond acceptors (Lipinski definition) is 5. The molecule has 1 aromatic carbocycles. The Morgan fingerprint density at radius 3 is 2.87 bits per heavy atom. The molecule has 9 heteroatoms. The number of carbonyl (C=O) groups excluding carboxylic acids is 2. The fourth-order valence-corrected chi connectivity index (χ4v) is 4.78. The number of phenols is 1. The van der Waals surface area contributed by atoms with Crippen LogP contribution in [0.3, 0.4) is 0 Å². The minimum Gasteiger partial charge on any atom is -0.508 e. The van der Waals surface area contributed by atoms with Gasteiger partial charge in [-0.2, -0.15) is 0 Å². The van der Waals surface area contributed by atoms with E-state index in [1.165, 1.54) is 11.8 Å². The van der Waals surface area contributed by atoms with Gasteiger partial charge >= 0.3 is 0 Å². The molecule has 3 saturated heterocycles. The van der Waals surface area contributed by atoms with Crippen molar-refractivity contribution in [3.63, 3.8) is 0 Å². The molecule has 0 saturated carbocycles. The number of phenolic OH excluding ortho intramolecular Hbond substituents is 1. The van der Waals surface area contributed by atoms with Crippen LogP contribution >= 0.6 is 0 Å². The van der Waals surface area contributed by atoms with Crippen LogP contribution in [0.2, 0.25) is 0 Å². The van der Waals surface area contributed by atoms with Gasteiger partial charge in [0.25, 0.3) is 0 Å². The van der Waals surface area contributed by atoms with Gasteiger partial charge in [-0.15, -0.1) is 5.10 Å². The van der Waals surface area contributed by atoms with Crippen LogP contribution in [0.25, 0.3) is 11.3 Å². The summed E-state index contributed by atoms with van der Waals surface area (Å²) in [4.78, 5) is 25.0. The zero-order valence-electron chi connectivity index (χ0n) is 17.2. The van der Waals surface area contributed by atoms with E-state index in [1.54, 1.807) is 18.2 Å². The SMILES string of the molecule is CC(=O)NCCNC(=O)[C@H]1C[NH+]2CC[C@H]1C[C@@H]2Cn1cc(-c2cccc(O)c2)nn1. The van der Waals surface area contributed by atoms with E-state index in [0.717, 1.165) is 43.7 Å². The molecule has 30 heavy (non-hydrogen) atoms. The lowest BCUT2D eigenvalue weighted by atomic mass is 9.75. The Hall–Kier alpha value is -2.94. The predicted octanol–water partition coefficient (Wildman–Crippen LogP) is -0.804. The number of quaternary nitrogens is 1. The van der Waals surface area contributed by atoms with Crippen LogP contribution in [-0.2, 0) is 16.1 Å². The highest BCUT2D eigenvalue weighted by atomic mass is 16.3. The van der Waals surface area contributed by atoms with Crippen molar-refractivity contribution in [2.75, 3.05) is 26.2 Å². The van der Waals surface area contributed by atoms with Gasteiger partial charge in [0.05, 0.1) is 31.7 Å². The topological polar surface area (TPSA) is 114 Å². The number of aromatic hydroxyl groups is 1. The van der Waals surface area contributed by atoms with Crippen LogP contribution in [0.1, 0.15) is 19.8 Å². The minimum atomic E-state index is -0.0836. The Morgan fingerprint density at radius 1 is 1.30 bits per heavy atom. The summed E-state index contributed by atoms with van der Waals surface area (Å²) in [6, 6.07) is 7.43. The maximum absolute atomic E-state index is 12.6. The number of nitrogens with zero attached hydrogens (tertiary/aromatic N) is 3. The standard InChI is InChI=1S/C21H28N6O3/c1-14(28)22-6-7-23-21(30)19-12-26-8-5-15(19)9-17(26)11-27-13-20(24-25-27)16-3-2-4-18(29)10-16/h2-4,10,13,15,17,19,29H,5-9,11-12H2,1H3,(H,22,28)(H,23,30)/p+1/t15-,17+,19-/m0/s1. The summed E-state index contributed by atoms with van der Waals surface area (Å²) in [5, 5.41) is 23.9. The Labute approximate surface area is 175 Å². The largest absolute Gasteiger partial charge is 0.508 e. The average Bonchev–Trinajstić information content (AvgIpc) is 3.20. The second kappa shape index (κ2) is 8.83. The molecule has 160 valence electrons. The molecule has 4 heterocycles. The smallest absolute Gasteiger partial charge is 0.229 e. The molecule has 1 unspecified atom stereocenters. The van der Waals surface area contributed by atoms with Crippen LogP contribution in [0.15, 0.2) is 30.5 Å². The van der Waals surface area contributed by atoms with Crippen molar-refractivity contribution in [3.05, 3.63) is 30.5 Å². The summed E-state index contributed by atoms with van der Waals surface area (Å²) in [6.07, 6.45) is 3.99. The second-order valence-corrected chi connectivity index (χ2v) is 8.35. The van der Waals surface area contributed by atoms with Crippen molar-refractivity contribution in [2.24, 2.45) is 11.8 Å². The van der Waals surface area contributed by atoms with Crippen molar-refractivity contribution in [2.45, 2.75) is 32.4 Å². The fourth-order valence-electron chi connectivity index (χ4n) is 4.78. The van der Waals surface area contributed by atoms with Gasteiger partial charge in [0.1, 0.15) is 17.5 Å². The number of nitrogens with one attached hydrogen (secondary N) is 3. The van der Waals surface area contributed by atoms with Gasteiger partial charge in [0, 0.05) is 38.4 Å². The number of rotatable bonds is 7. The summed E-state index contributed by atoms with van der Waals surface area (Å²) in [6.45, 7) is 5.10. The highest BCUT2D eigenvalue weighted by Crippen LogP contribution is 2.28. The van der Waals surface area contributed by atoms with Crippen LogP contribution < -0.4 is 15.5 Å². The highest BCUT2D eigenvalue weighted by Gasteiger charge is 2.46. The zero-order valence-corrected chi connectivity index (χ0v) is 17.2. The number of benzene rings is 1. The van der Waals surface area contributed by atoms with Gasteiger partial charge in [0.15, 0.2) is 0 Å². The maximum Gasteiger partial charge on any atom is 0.229 e. The molecule has 2 aromatic rings. The number of carbonyl (C=O) groups is 2. The molecule has 0 radical (unpaired) electrons. The van der Waals surface area contributed by atoms with E-state index in [9.17, 15) is 14.7 Å². The van der Waals surface area contributed by atoms with Gasteiger partial charge in [-0.3, -0.25) is 9.59 Å². The Kier molecular flexibility index (Phi) is 5.98. The quantitative estimate of drug-likeness (QED) is 0.444. The molecule has 3 fully saturated rings. The van der Waals surface area contributed by atoms with Gasteiger partial charge in [-0.25, -0.2) is 4.68 Å². The number of piperidine rings is 3. The van der Waals surface area contributed by atoms with E-state index in [-0.39, 0.29) is 23.5 Å². The van der Waals surface area contributed by atoms with Crippen molar-refractivity contribution in [3.8, 4) is 17.0 Å². The third-order valence-corrected chi connectivity index (χ3v) is 6.27. The van der Waals surface area contributed by atoms with Crippen LogP contribution in [0.5, 0.6) is 5.75 Å². The van der Waals surface area contributed by atoms with Crippen molar-refractivity contribution in [1.29, 1.82) is 0 Å². The van der Waals surface area contributed by atoms with Gasteiger partial charge in [0.2, 0.25) is 11.8 Å². The van der Waals surface area contributed by atoms with E-state index in [1.807, 2.05) is 16.9 Å². The van der Waals surface area contributed by atoms with Gasteiger partial charge < -0.3 is 20.6 Å². The van der Waals surface area contributed by atoms with E-state index >= 15 is 0 Å². The Bertz CT molecular complexity index is 914. The molecule has 3 aliphatic rings. The maximum atomic E-state index is 12.6. The summed E-state index contributed by atoms with van der Waals surface area (Å²) in [7, 11) is 0. The van der Waals surface area contributed by atoms with Crippen molar-refractivity contribution < 1.29 is 19.6 Å². The van der Waals surface area contributed by atoms with E-state index in [4.69, 9.17) is 0 Å². The van der Waals surface area contributed by atoms with Crippen molar-refractivity contribution >= 4 is 11.8 Å². The van der Waals surface area contributed by atoms with E-state index < -0.39 is 0 Å². The van der Waals surface area contributed by atoms with Crippen LogP contribution in [0.4, 0.5) is 0 Å². The van der Waals surface area contributed by atoms with Gasteiger partial charge in [-0.05, 0) is 18.1 Å². The normalized spacial score (nSPS) is 25.1. The van der Waals surface area contributed by atoms with Gasteiger partial charge in [-0.1, -0.05) is 17.3 Å². The molecule has 3 aliphatic heterocycles. The summed E-state index contributed by atoms with van der Waals surface area (Å²) in [5.74, 6) is 0.666. The minimum absolute atomic E-state index is 0.0425. The zero-order chi connectivity index (χ0) is 21.1. The number of hydrogen-bond donors (Lipinski definition) is 4. The van der Waals surface area contributed by atoms with Crippen molar-refractivity contribution in [1.82, 2.24) is 25.6 Å². The fraction of sp³-hybridized carbons (Fsp3) is 0.524. The Balaban J connectivity index is 1.32. The molecule has 0 spiro atoms. The molecule has 0 aliphatic carbocycles. The third kappa shape index (κ3) is 4.62. The first-order chi connectivity index (χ1) is 14.5. The highest BCUT2D eigenvalue weighted by molar-refractivity contribution is 5.79. The molecule has 4 atom stereocenters. The molecule has 2 amide bonds.